The number of aromatic nitrogens is 1. The van der Waals surface area contributed by atoms with Crippen LogP contribution in [0.25, 0.3) is 0 Å². The number of halogens is 1. The van der Waals surface area contributed by atoms with Gasteiger partial charge in [0.1, 0.15) is 5.82 Å². The Balaban J connectivity index is 1.33. The molecule has 2 atom stereocenters. The van der Waals surface area contributed by atoms with Crippen molar-refractivity contribution in [2.24, 2.45) is 5.92 Å². The van der Waals surface area contributed by atoms with E-state index in [-0.39, 0.29) is 29.2 Å². The summed E-state index contributed by atoms with van der Waals surface area (Å²) in [6.07, 6.45) is 1.00. The van der Waals surface area contributed by atoms with Gasteiger partial charge in [0.2, 0.25) is 0 Å². The molecule has 196 valence electrons. The molecule has 6 rings (SSSR count). The maximum Gasteiger partial charge on any atom is 0.255 e. The maximum atomic E-state index is 13.4. The second-order valence-corrected chi connectivity index (χ2v) is 10.2. The molecular formula is C29H29FN4O4. The Morgan fingerprint density at radius 1 is 0.921 bits per heavy atom. The number of carbonyl (C=O) groups is 2. The summed E-state index contributed by atoms with van der Waals surface area (Å²) in [4.78, 5) is 42.8. The van der Waals surface area contributed by atoms with Crippen LogP contribution in [0.2, 0.25) is 0 Å². The molecular weight excluding hydrogens is 487 g/mol. The molecule has 1 aromatic heterocycles. The molecule has 3 aromatic rings. The molecule has 38 heavy (non-hydrogen) atoms. The highest BCUT2D eigenvalue weighted by molar-refractivity contribution is 6.07. The highest BCUT2D eigenvalue weighted by atomic mass is 19.1. The summed E-state index contributed by atoms with van der Waals surface area (Å²) in [7, 11) is 0. The summed E-state index contributed by atoms with van der Waals surface area (Å²) in [6.45, 7) is 4.12. The standard InChI is InChI=1S/C29H29FN4O4/c30-23-7-4-20(5-8-23)28(36)31-24-15-21(29(37)32-10-12-38-13-11-32)6-9-26(24)33-16-19-14-22(18-33)25-2-1-3-27(35)34(25)17-19/h1-9,15,19,22H,10-14,16-18H2,(H,31,36). The molecule has 2 bridgehead atoms. The van der Waals surface area contributed by atoms with E-state index in [0.29, 0.717) is 56.2 Å². The van der Waals surface area contributed by atoms with Crippen molar-refractivity contribution in [3.05, 3.63) is 93.7 Å². The van der Waals surface area contributed by atoms with Crippen LogP contribution < -0.4 is 15.8 Å². The molecule has 4 heterocycles. The molecule has 1 N–H and O–H groups in total. The molecule has 0 aliphatic carbocycles. The van der Waals surface area contributed by atoms with E-state index in [1.54, 1.807) is 17.0 Å². The number of carbonyl (C=O) groups excluding carboxylic acids is 2. The zero-order valence-electron chi connectivity index (χ0n) is 20.9. The van der Waals surface area contributed by atoms with E-state index in [2.05, 4.69) is 10.2 Å². The Kier molecular flexibility index (Phi) is 6.45. The Bertz CT molecular complexity index is 1430. The van der Waals surface area contributed by atoms with Gasteiger partial charge in [0, 0.05) is 61.5 Å². The largest absolute Gasteiger partial charge is 0.378 e. The Labute approximate surface area is 219 Å². The van der Waals surface area contributed by atoms with E-state index in [9.17, 15) is 18.8 Å². The third-order valence-electron chi connectivity index (χ3n) is 7.72. The molecule has 3 aliphatic rings. The molecule has 9 heteroatoms. The van der Waals surface area contributed by atoms with E-state index in [1.165, 1.54) is 24.3 Å². The van der Waals surface area contributed by atoms with Crippen molar-refractivity contribution >= 4 is 23.2 Å². The molecule has 2 fully saturated rings. The van der Waals surface area contributed by atoms with Crippen molar-refractivity contribution in [2.75, 3.05) is 49.6 Å². The minimum Gasteiger partial charge on any atom is -0.378 e. The Hall–Kier alpha value is -3.98. The molecule has 2 saturated heterocycles. The number of benzene rings is 2. The molecule has 2 amide bonds. The number of pyridine rings is 1. The highest BCUT2D eigenvalue weighted by Gasteiger charge is 2.35. The number of nitrogens with zero attached hydrogens (tertiary/aromatic N) is 3. The van der Waals surface area contributed by atoms with Gasteiger partial charge in [-0.25, -0.2) is 4.39 Å². The van der Waals surface area contributed by atoms with Crippen molar-refractivity contribution in [3.8, 4) is 0 Å². The van der Waals surface area contributed by atoms with Crippen molar-refractivity contribution < 1.29 is 18.7 Å². The molecule has 2 aromatic carbocycles. The van der Waals surface area contributed by atoms with Crippen LogP contribution in [0.15, 0.2) is 65.5 Å². The average molecular weight is 517 g/mol. The van der Waals surface area contributed by atoms with Crippen LogP contribution in [0.3, 0.4) is 0 Å². The second kappa shape index (κ2) is 10.1. The van der Waals surface area contributed by atoms with Crippen LogP contribution in [0.4, 0.5) is 15.8 Å². The fourth-order valence-corrected chi connectivity index (χ4v) is 5.88. The predicted octanol–water partition coefficient (Wildman–Crippen LogP) is 3.34. The lowest BCUT2D eigenvalue weighted by Crippen LogP contribution is -2.47. The van der Waals surface area contributed by atoms with Gasteiger partial charge in [-0.1, -0.05) is 6.07 Å². The summed E-state index contributed by atoms with van der Waals surface area (Å²) >= 11 is 0. The number of rotatable bonds is 4. The zero-order chi connectivity index (χ0) is 26.2. The number of morpholine rings is 1. The molecule has 0 radical (unpaired) electrons. The van der Waals surface area contributed by atoms with Gasteiger partial charge in [-0.2, -0.15) is 0 Å². The van der Waals surface area contributed by atoms with Gasteiger partial charge >= 0.3 is 0 Å². The van der Waals surface area contributed by atoms with Gasteiger partial charge in [-0.3, -0.25) is 14.4 Å². The van der Waals surface area contributed by atoms with Crippen LogP contribution in [-0.4, -0.2) is 60.7 Å². The summed E-state index contributed by atoms with van der Waals surface area (Å²) in [5, 5.41) is 2.98. The fourth-order valence-electron chi connectivity index (χ4n) is 5.88. The van der Waals surface area contributed by atoms with Gasteiger partial charge in [0.15, 0.2) is 0 Å². The molecule has 3 aliphatic heterocycles. The third kappa shape index (κ3) is 4.69. The number of ether oxygens (including phenoxy) is 1. The number of hydrogen-bond acceptors (Lipinski definition) is 5. The van der Waals surface area contributed by atoms with Crippen molar-refractivity contribution in [2.45, 2.75) is 18.9 Å². The number of hydrogen-bond donors (Lipinski definition) is 1. The topological polar surface area (TPSA) is 83.9 Å². The zero-order valence-corrected chi connectivity index (χ0v) is 20.9. The first kappa shape index (κ1) is 24.4. The van der Waals surface area contributed by atoms with Crippen molar-refractivity contribution in [1.82, 2.24) is 9.47 Å². The van der Waals surface area contributed by atoms with E-state index in [0.717, 1.165) is 24.3 Å². The molecule has 8 nitrogen and oxygen atoms in total. The average Bonchev–Trinajstić information content (AvgIpc) is 2.94. The lowest BCUT2D eigenvalue weighted by molar-refractivity contribution is 0.0303. The number of piperidine rings is 1. The SMILES string of the molecule is O=C(Nc1cc(C(=O)N2CCOCC2)ccc1N1CC2CC(C1)c1cccc(=O)n1C2)c1ccc(F)cc1. The lowest BCUT2D eigenvalue weighted by Gasteiger charge is -2.44. The van der Waals surface area contributed by atoms with E-state index < -0.39 is 5.82 Å². The van der Waals surface area contributed by atoms with Crippen LogP contribution >= 0.6 is 0 Å². The highest BCUT2D eigenvalue weighted by Crippen LogP contribution is 2.39. The first-order valence-electron chi connectivity index (χ1n) is 13.0. The lowest BCUT2D eigenvalue weighted by atomic mass is 9.83. The van der Waals surface area contributed by atoms with Crippen molar-refractivity contribution in [1.29, 1.82) is 0 Å². The molecule has 0 saturated carbocycles. The normalized spacial score (nSPS) is 20.6. The van der Waals surface area contributed by atoms with Crippen LogP contribution in [0, 0.1) is 11.7 Å². The summed E-state index contributed by atoms with van der Waals surface area (Å²) in [5.41, 5.74) is 3.23. The first-order valence-corrected chi connectivity index (χ1v) is 13.0. The van der Waals surface area contributed by atoms with Gasteiger partial charge in [-0.05, 0) is 60.9 Å². The van der Waals surface area contributed by atoms with Crippen LogP contribution in [-0.2, 0) is 11.3 Å². The number of amides is 2. The monoisotopic (exact) mass is 516 g/mol. The van der Waals surface area contributed by atoms with Gasteiger partial charge < -0.3 is 24.4 Å². The minimum absolute atomic E-state index is 0.0314. The molecule has 2 unspecified atom stereocenters. The van der Waals surface area contributed by atoms with Gasteiger partial charge in [0.25, 0.3) is 17.4 Å². The second-order valence-electron chi connectivity index (χ2n) is 10.2. The first-order chi connectivity index (χ1) is 18.5. The Morgan fingerprint density at radius 3 is 2.47 bits per heavy atom. The minimum atomic E-state index is -0.417. The van der Waals surface area contributed by atoms with E-state index in [4.69, 9.17) is 4.74 Å². The molecule has 0 spiro atoms. The van der Waals surface area contributed by atoms with E-state index >= 15 is 0 Å². The number of nitrogens with one attached hydrogen (secondary N) is 1. The van der Waals surface area contributed by atoms with E-state index in [1.807, 2.05) is 28.8 Å². The van der Waals surface area contributed by atoms with Crippen LogP contribution in [0.5, 0.6) is 0 Å². The fraction of sp³-hybridized carbons (Fsp3) is 0.345. The van der Waals surface area contributed by atoms with Gasteiger partial charge in [0.05, 0.1) is 24.6 Å². The van der Waals surface area contributed by atoms with Gasteiger partial charge in [-0.15, -0.1) is 0 Å². The Morgan fingerprint density at radius 2 is 1.68 bits per heavy atom. The quantitative estimate of drug-likeness (QED) is 0.575. The number of anilines is 2. The summed E-state index contributed by atoms with van der Waals surface area (Å²) in [5.74, 6) is -0.430. The maximum absolute atomic E-state index is 13.4. The number of fused-ring (bicyclic) bond motifs is 4. The summed E-state index contributed by atoms with van der Waals surface area (Å²) < 4.78 is 20.7. The van der Waals surface area contributed by atoms with Crippen molar-refractivity contribution in [3.63, 3.8) is 0 Å². The predicted molar refractivity (Wildman–Crippen MR) is 141 cm³/mol. The summed E-state index contributed by atoms with van der Waals surface area (Å²) in [6, 6.07) is 16.3. The smallest absolute Gasteiger partial charge is 0.255 e. The van der Waals surface area contributed by atoms with Crippen LogP contribution in [0.1, 0.15) is 38.7 Å². The third-order valence-corrected chi connectivity index (χ3v) is 7.72.